The van der Waals surface area contributed by atoms with Crippen LogP contribution in [0.2, 0.25) is 0 Å². The Morgan fingerprint density at radius 3 is 2.25 bits per heavy atom. The number of hydrogen-bond donors (Lipinski definition) is 0. The monoisotopic (exact) mass is 290 g/mol. The molecule has 0 bridgehead atoms. The molecule has 0 aliphatic carbocycles. The van der Waals surface area contributed by atoms with Crippen LogP contribution in [0.3, 0.4) is 0 Å². The van der Waals surface area contributed by atoms with E-state index in [0.29, 0.717) is 0 Å². The maximum Gasteiger partial charge on any atom is 0.123 e. The lowest BCUT2D eigenvalue weighted by Crippen LogP contribution is -2.15. The molecule has 2 aromatic rings. The highest BCUT2D eigenvalue weighted by Crippen LogP contribution is 2.32. The number of halogens is 2. The molecule has 0 saturated heterocycles. The van der Waals surface area contributed by atoms with Gasteiger partial charge in [-0.25, -0.2) is 4.39 Å². The summed E-state index contributed by atoms with van der Waals surface area (Å²) in [6, 6.07) is 14.8. The maximum absolute atomic E-state index is 13.3. The van der Waals surface area contributed by atoms with Gasteiger partial charge in [0.25, 0.3) is 0 Å². The fourth-order valence-electron chi connectivity index (χ4n) is 2.16. The molecule has 1 atom stereocenters. The van der Waals surface area contributed by atoms with Gasteiger partial charge in [-0.05, 0) is 40.7 Å². The summed E-state index contributed by atoms with van der Waals surface area (Å²) in [7, 11) is 0. The first-order valence-corrected chi connectivity index (χ1v) is 7.37. The van der Waals surface area contributed by atoms with Crippen molar-refractivity contribution in [2.24, 2.45) is 0 Å². The second-order valence-corrected chi connectivity index (χ2v) is 6.21. The Hall–Kier alpha value is -1.34. The lowest BCUT2D eigenvalue weighted by atomic mass is 9.82. The van der Waals surface area contributed by atoms with Gasteiger partial charge >= 0.3 is 0 Å². The van der Waals surface area contributed by atoms with Gasteiger partial charge in [-0.3, -0.25) is 0 Å². The minimum Gasteiger partial charge on any atom is -0.207 e. The first-order valence-electron chi connectivity index (χ1n) is 6.94. The van der Waals surface area contributed by atoms with Gasteiger partial charge in [-0.1, -0.05) is 57.2 Å². The summed E-state index contributed by atoms with van der Waals surface area (Å²) in [5.74, 6) is -0.253. The van der Waals surface area contributed by atoms with Gasteiger partial charge in [0.05, 0.1) is 5.38 Å². The van der Waals surface area contributed by atoms with Crippen LogP contribution < -0.4 is 0 Å². The van der Waals surface area contributed by atoms with Gasteiger partial charge in [-0.2, -0.15) is 0 Å². The lowest BCUT2D eigenvalue weighted by Gasteiger charge is -2.23. The molecule has 2 rings (SSSR count). The van der Waals surface area contributed by atoms with Gasteiger partial charge in [0, 0.05) is 0 Å². The molecule has 0 amide bonds. The standard InChI is InChI=1S/C18H20ClF/c1-4-18(2,3)15-10-8-13(9-11-15)17(19)14-6-5-7-16(20)12-14/h5-12,17H,4H2,1-3H3. The number of hydrogen-bond acceptors (Lipinski definition) is 0. The minimum atomic E-state index is -0.315. The summed E-state index contributed by atoms with van der Waals surface area (Å²) >= 11 is 6.44. The molecule has 0 nitrogen and oxygen atoms in total. The molecule has 106 valence electrons. The average molecular weight is 291 g/mol. The molecule has 0 aliphatic rings. The van der Waals surface area contributed by atoms with Crippen molar-refractivity contribution < 1.29 is 4.39 Å². The van der Waals surface area contributed by atoms with Crippen molar-refractivity contribution in [1.82, 2.24) is 0 Å². The van der Waals surface area contributed by atoms with Crippen LogP contribution in [0.5, 0.6) is 0 Å². The molecule has 1 unspecified atom stereocenters. The summed E-state index contributed by atoms with van der Waals surface area (Å²) in [5.41, 5.74) is 3.24. The van der Waals surface area contributed by atoms with Crippen LogP contribution in [0.1, 0.15) is 49.3 Å². The first-order chi connectivity index (χ1) is 9.44. The maximum atomic E-state index is 13.3. The van der Waals surface area contributed by atoms with Crippen LogP contribution >= 0.6 is 11.6 Å². The lowest BCUT2D eigenvalue weighted by molar-refractivity contribution is 0.506. The van der Waals surface area contributed by atoms with Crippen molar-refractivity contribution in [3.8, 4) is 0 Å². The largest absolute Gasteiger partial charge is 0.207 e. The SMILES string of the molecule is CCC(C)(C)c1ccc(C(Cl)c2cccc(F)c2)cc1. The molecular weight excluding hydrogens is 271 g/mol. The zero-order valence-electron chi connectivity index (χ0n) is 12.2. The van der Waals surface area contributed by atoms with Gasteiger partial charge in [0.1, 0.15) is 5.82 Å². The van der Waals surface area contributed by atoms with Crippen LogP contribution in [0.25, 0.3) is 0 Å². The molecule has 0 saturated carbocycles. The van der Waals surface area contributed by atoms with Gasteiger partial charge in [0.15, 0.2) is 0 Å². The van der Waals surface area contributed by atoms with Crippen LogP contribution in [0.15, 0.2) is 48.5 Å². The normalized spacial score (nSPS) is 13.2. The van der Waals surface area contributed by atoms with Crippen LogP contribution in [-0.4, -0.2) is 0 Å². The van der Waals surface area contributed by atoms with E-state index in [1.165, 1.54) is 17.7 Å². The topological polar surface area (TPSA) is 0 Å². The average Bonchev–Trinajstić information content (AvgIpc) is 2.46. The van der Waals surface area contributed by atoms with Crippen molar-refractivity contribution in [2.45, 2.75) is 38.0 Å². The Kier molecular flexibility index (Phi) is 4.49. The summed E-state index contributed by atoms with van der Waals surface area (Å²) in [6.45, 7) is 6.64. The van der Waals surface area contributed by atoms with Gasteiger partial charge in [0.2, 0.25) is 0 Å². The predicted octanol–water partition coefficient (Wildman–Crippen LogP) is 5.84. The Balaban J connectivity index is 2.26. The van der Waals surface area contributed by atoms with Crippen LogP contribution in [0, 0.1) is 5.82 Å². The summed E-state index contributed by atoms with van der Waals surface area (Å²) in [6.07, 6.45) is 1.08. The highest BCUT2D eigenvalue weighted by molar-refractivity contribution is 6.22. The van der Waals surface area contributed by atoms with E-state index < -0.39 is 0 Å². The molecule has 0 spiro atoms. The second-order valence-electron chi connectivity index (χ2n) is 5.78. The van der Waals surface area contributed by atoms with E-state index in [2.05, 4.69) is 32.9 Å². The highest BCUT2D eigenvalue weighted by Gasteiger charge is 2.18. The molecule has 0 fully saturated rings. The first kappa shape index (κ1) is 15.1. The Labute approximate surface area is 125 Å². The molecule has 0 radical (unpaired) electrons. The fourth-order valence-corrected chi connectivity index (χ4v) is 2.45. The summed E-state index contributed by atoms with van der Waals surface area (Å²) < 4.78 is 13.3. The van der Waals surface area contributed by atoms with Gasteiger partial charge < -0.3 is 0 Å². The third-order valence-corrected chi connectivity index (χ3v) is 4.51. The molecule has 2 aromatic carbocycles. The molecule has 0 aromatic heterocycles. The molecule has 2 heteroatoms. The molecule has 0 N–H and O–H groups in total. The predicted molar refractivity (Wildman–Crippen MR) is 83.9 cm³/mol. The van der Waals surface area contributed by atoms with E-state index >= 15 is 0 Å². The van der Waals surface area contributed by atoms with Crippen molar-refractivity contribution in [3.05, 3.63) is 71.0 Å². The van der Waals surface area contributed by atoms with E-state index in [9.17, 15) is 4.39 Å². The Bertz CT molecular complexity index is 572. The molecule has 20 heavy (non-hydrogen) atoms. The van der Waals surface area contributed by atoms with Crippen molar-refractivity contribution in [2.75, 3.05) is 0 Å². The molecule has 0 heterocycles. The van der Waals surface area contributed by atoms with E-state index in [1.54, 1.807) is 6.07 Å². The van der Waals surface area contributed by atoms with E-state index in [-0.39, 0.29) is 16.6 Å². The highest BCUT2D eigenvalue weighted by atomic mass is 35.5. The van der Waals surface area contributed by atoms with Crippen molar-refractivity contribution >= 4 is 11.6 Å². The summed E-state index contributed by atoms with van der Waals surface area (Å²) in [4.78, 5) is 0. The van der Waals surface area contributed by atoms with Gasteiger partial charge in [-0.15, -0.1) is 11.6 Å². The van der Waals surface area contributed by atoms with E-state index in [1.807, 2.05) is 18.2 Å². The quantitative estimate of drug-likeness (QED) is 0.620. The zero-order valence-corrected chi connectivity index (χ0v) is 12.9. The van der Waals surface area contributed by atoms with Crippen LogP contribution in [0.4, 0.5) is 4.39 Å². The molecular formula is C18H20ClF. The smallest absolute Gasteiger partial charge is 0.123 e. The van der Waals surface area contributed by atoms with E-state index in [0.717, 1.165) is 17.5 Å². The fraction of sp³-hybridized carbons (Fsp3) is 0.333. The third-order valence-electron chi connectivity index (χ3n) is 4.01. The Morgan fingerprint density at radius 1 is 1.05 bits per heavy atom. The molecule has 0 aliphatic heterocycles. The number of alkyl halides is 1. The summed E-state index contributed by atoms with van der Waals surface area (Å²) in [5, 5.41) is -0.315. The third kappa shape index (κ3) is 3.21. The van der Waals surface area contributed by atoms with Crippen LogP contribution in [-0.2, 0) is 5.41 Å². The van der Waals surface area contributed by atoms with Crippen molar-refractivity contribution in [3.63, 3.8) is 0 Å². The van der Waals surface area contributed by atoms with E-state index in [4.69, 9.17) is 11.6 Å². The minimum absolute atomic E-state index is 0.166. The zero-order chi connectivity index (χ0) is 14.8. The van der Waals surface area contributed by atoms with Crippen molar-refractivity contribution in [1.29, 1.82) is 0 Å². The number of benzene rings is 2. The number of rotatable bonds is 4. The second kappa shape index (κ2) is 5.97. The Morgan fingerprint density at radius 2 is 1.70 bits per heavy atom.